The van der Waals surface area contributed by atoms with Gasteiger partial charge in [-0.3, -0.25) is 14.6 Å². The summed E-state index contributed by atoms with van der Waals surface area (Å²) in [4.78, 5) is 27.9. The summed E-state index contributed by atoms with van der Waals surface area (Å²) in [6, 6.07) is 6.08. The number of fused-ring (bicyclic) bond motifs is 1. The summed E-state index contributed by atoms with van der Waals surface area (Å²) in [5.41, 5.74) is 0.275. The number of pyridine rings is 1. The topological polar surface area (TPSA) is 65.5 Å². The smallest absolute Gasteiger partial charge is 0.421 e. The Kier molecular flexibility index (Phi) is 4.39. The van der Waals surface area contributed by atoms with E-state index < -0.39 is 29.5 Å². The number of alkyl halides is 4. The van der Waals surface area contributed by atoms with E-state index in [0.29, 0.717) is 5.56 Å². The molecule has 1 aromatic carbocycles. The first-order chi connectivity index (χ1) is 12.2. The number of Topliss-reactive ketones (excluding diaryl/α,β-unsaturated/α-hetero) is 2. The molecule has 0 fully saturated rings. The lowest BCUT2D eigenvalue weighted by molar-refractivity contribution is -0.391. The first-order valence-electron chi connectivity index (χ1n) is 7.44. The molecule has 0 saturated heterocycles. The van der Waals surface area contributed by atoms with Gasteiger partial charge >= 0.3 is 12.2 Å². The second kappa shape index (κ2) is 6.40. The molecule has 0 N–H and O–H groups in total. The highest BCUT2D eigenvalue weighted by Gasteiger charge is 2.65. The molecule has 2 heterocycles. The number of aromatic nitrogens is 1. The van der Waals surface area contributed by atoms with Crippen molar-refractivity contribution in [2.45, 2.75) is 25.1 Å². The summed E-state index contributed by atoms with van der Waals surface area (Å²) < 4.78 is 60.5. The molecule has 1 aliphatic rings. The lowest BCUT2D eigenvalue weighted by atomic mass is 10.0. The number of ether oxygens (including phenoxy) is 2. The molecule has 2 aromatic rings. The van der Waals surface area contributed by atoms with Crippen LogP contribution in [0.5, 0.6) is 11.5 Å². The van der Waals surface area contributed by atoms with E-state index in [4.69, 9.17) is 0 Å². The summed E-state index contributed by atoms with van der Waals surface area (Å²) in [5, 5.41) is 0. The molecule has 0 atom stereocenters. The maximum Gasteiger partial charge on any atom is 0.507 e. The van der Waals surface area contributed by atoms with Crippen LogP contribution in [0.4, 0.5) is 17.6 Å². The third-order valence-electron chi connectivity index (χ3n) is 3.64. The van der Waals surface area contributed by atoms with Crippen molar-refractivity contribution >= 4 is 11.6 Å². The fourth-order valence-corrected chi connectivity index (χ4v) is 2.28. The lowest BCUT2D eigenvalue weighted by Gasteiger charge is -2.31. The summed E-state index contributed by atoms with van der Waals surface area (Å²) in [7, 11) is 0. The van der Waals surface area contributed by atoms with Crippen molar-refractivity contribution in [1.29, 1.82) is 0 Å². The van der Waals surface area contributed by atoms with Gasteiger partial charge in [0.2, 0.25) is 0 Å². The quantitative estimate of drug-likeness (QED) is 0.591. The Morgan fingerprint density at radius 2 is 1.50 bits per heavy atom. The van der Waals surface area contributed by atoms with Crippen molar-refractivity contribution < 1.29 is 36.6 Å². The predicted molar refractivity (Wildman–Crippen MR) is 79.7 cm³/mol. The zero-order chi connectivity index (χ0) is 18.9. The molecule has 26 heavy (non-hydrogen) atoms. The number of nitrogens with zero attached hydrogens (tertiary/aromatic N) is 1. The van der Waals surface area contributed by atoms with Gasteiger partial charge in [0.25, 0.3) is 0 Å². The van der Waals surface area contributed by atoms with Crippen LogP contribution in [0.2, 0.25) is 0 Å². The number of carbonyl (C=O) groups excluding carboxylic acids is 2. The molecule has 136 valence electrons. The number of rotatable bonds is 5. The van der Waals surface area contributed by atoms with E-state index in [9.17, 15) is 27.2 Å². The van der Waals surface area contributed by atoms with Gasteiger partial charge in [0.15, 0.2) is 23.1 Å². The summed E-state index contributed by atoms with van der Waals surface area (Å²) in [5.74, 6) is -2.13. The number of hydrogen-bond acceptors (Lipinski definition) is 5. The first-order valence-corrected chi connectivity index (χ1v) is 7.44. The van der Waals surface area contributed by atoms with Gasteiger partial charge in [-0.25, -0.2) is 0 Å². The van der Waals surface area contributed by atoms with Crippen molar-refractivity contribution in [3.8, 4) is 11.5 Å². The number of ketones is 2. The first kappa shape index (κ1) is 17.8. The Balaban J connectivity index is 1.71. The second-order valence-electron chi connectivity index (χ2n) is 5.49. The van der Waals surface area contributed by atoms with Crippen LogP contribution in [-0.2, 0) is 0 Å². The molecule has 0 amide bonds. The molecule has 5 nitrogen and oxygen atoms in total. The van der Waals surface area contributed by atoms with E-state index in [2.05, 4.69) is 14.5 Å². The Hall–Kier alpha value is -2.97. The fourth-order valence-electron chi connectivity index (χ4n) is 2.28. The molecule has 0 radical (unpaired) electrons. The minimum atomic E-state index is -4.86. The van der Waals surface area contributed by atoms with Crippen molar-refractivity contribution in [2.75, 3.05) is 0 Å². The van der Waals surface area contributed by atoms with Crippen LogP contribution in [0.1, 0.15) is 33.6 Å². The monoisotopic (exact) mass is 369 g/mol. The van der Waals surface area contributed by atoms with Gasteiger partial charge < -0.3 is 9.47 Å². The molecule has 0 saturated carbocycles. The molecule has 0 unspecified atom stereocenters. The zero-order valence-corrected chi connectivity index (χ0v) is 13.0. The Morgan fingerprint density at radius 3 is 2.12 bits per heavy atom. The molecule has 1 aliphatic heterocycles. The van der Waals surface area contributed by atoms with Crippen LogP contribution in [0, 0.1) is 0 Å². The highest BCUT2D eigenvalue weighted by Crippen LogP contribution is 2.47. The number of benzene rings is 1. The lowest BCUT2D eigenvalue weighted by Crippen LogP contribution is -2.52. The number of halogens is 4. The second-order valence-corrected chi connectivity index (χ2v) is 5.49. The highest BCUT2D eigenvalue weighted by atomic mass is 19.3. The standard InChI is InChI=1S/C17H11F4NO4/c18-16(19)17(20,21)26-15-8-10(3-6-14(15)25-16)12(23)4-5-13(24)11-2-1-7-22-9-11/h1-3,6-9H,4-5H2. The maximum atomic E-state index is 13.2. The largest absolute Gasteiger partial charge is 0.507 e. The van der Waals surface area contributed by atoms with Crippen LogP contribution in [0.3, 0.4) is 0 Å². The van der Waals surface area contributed by atoms with Gasteiger partial charge in [-0.2, -0.15) is 17.6 Å². The van der Waals surface area contributed by atoms with Crippen LogP contribution >= 0.6 is 0 Å². The molecule has 9 heteroatoms. The molecule has 0 spiro atoms. The molecule has 0 aliphatic carbocycles. The SMILES string of the molecule is O=C(CCC(=O)c1ccc2c(c1)OC(F)(F)C(F)(F)O2)c1cccnc1. The van der Waals surface area contributed by atoms with E-state index in [1.807, 2.05) is 0 Å². The van der Waals surface area contributed by atoms with Crippen molar-refractivity contribution in [2.24, 2.45) is 0 Å². The van der Waals surface area contributed by atoms with Gasteiger partial charge in [0.1, 0.15) is 0 Å². The Labute approximate surface area is 144 Å². The van der Waals surface area contributed by atoms with Crippen LogP contribution in [-0.4, -0.2) is 28.8 Å². The maximum absolute atomic E-state index is 13.2. The van der Waals surface area contributed by atoms with E-state index >= 15 is 0 Å². The number of hydrogen-bond donors (Lipinski definition) is 0. The highest BCUT2D eigenvalue weighted by molar-refractivity contribution is 6.02. The summed E-state index contributed by atoms with van der Waals surface area (Å²) >= 11 is 0. The minimum Gasteiger partial charge on any atom is -0.421 e. The van der Waals surface area contributed by atoms with Crippen molar-refractivity contribution in [1.82, 2.24) is 4.98 Å². The van der Waals surface area contributed by atoms with Crippen LogP contribution in [0.15, 0.2) is 42.7 Å². The van der Waals surface area contributed by atoms with E-state index in [1.54, 1.807) is 12.1 Å². The van der Waals surface area contributed by atoms with E-state index in [-0.39, 0.29) is 24.2 Å². The summed E-state index contributed by atoms with van der Waals surface area (Å²) in [6.07, 6.45) is -7.14. The van der Waals surface area contributed by atoms with Gasteiger partial charge in [0, 0.05) is 36.4 Å². The molecule has 3 rings (SSSR count). The van der Waals surface area contributed by atoms with Crippen LogP contribution in [0.25, 0.3) is 0 Å². The number of carbonyl (C=O) groups is 2. The minimum absolute atomic E-state index is 0.0626. The Bertz CT molecular complexity index is 855. The van der Waals surface area contributed by atoms with Gasteiger partial charge in [0.05, 0.1) is 0 Å². The van der Waals surface area contributed by atoms with Gasteiger partial charge in [-0.15, -0.1) is 0 Å². The predicted octanol–water partition coefficient (Wildman–Crippen LogP) is 3.88. The zero-order valence-electron chi connectivity index (χ0n) is 13.0. The fraction of sp³-hybridized carbons (Fsp3) is 0.235. The van der Waals surface area contributed by atoms with E-state index in [0.717, 1.165) is 18.2 Å². The van der Waals surface area contributed by atoms with Crippen molar-refractivity contribution in [3.05, 3.63) is 53.9 Å². The van der Waals surface area contributed by atoms with Gasteiger partial charge in [-0.1, -0.05) is 0 Å². The normalized spacial score (nSPS) is 16.8. The van der Waals surface area contributed by atoms with Crippen LogP contribution < -0.4 is 9.47 Å². The van der Waals surface area contributed by atoms with Crippen molar-refractivity contribution in [3.63, 3.8) is 0 Å². The third kappa shape index (κ3) is 3.37. The average Bonchev–Trinajstić information content (AvgIpc) is 2.60. The Morgan fingerprint density at radius 1 is 0.885 bits per heavy atom. The molecular formula is C17H11F4NO4. The summed E-state index contributed by atoms with van der Waals surface area (Å²) in [6.45, 7) is 0. The third-order valence-corrected chi connectivity index (χ3v) is 3.64. The molecule has 1 aromatic heterocycles. The molecular weight excluding hydrogens is 358 g/mol. The average molecular weight is 369 g/mol. The molecule has 0 bridgehead atoms. The van der Waals surface area contributed by atoms with E-state index in [1.165, 1.54) is 12.4 Å². The van der Waals surface area contributed by atoms with Gasteiger partial charge in [-0.05, 0) is 30.3 Å².